The molecule has 0 unspecified atom stereocenters. The number of likely N-dealkylation sites (tertiary alicyclic amines) is 1. The van der Waals surface area contributed by atoms with Crippen LogP contribution in [0.2, 0.25) is 0 Å². The zero-order chi connectivity index (χ0) is 10.2. The number of nitrogens with zero attached hydrogens (tertiary/aromatic N) is 1. The number of nitrogens with two attached hydrogens (primary N) is 1. The average molecular weight is 202 g/mol. The fourth-order valence-electron chi connectivity index (χ4n) is 1.70. The van der Waals surface area contributed by atoms with E-state index in [1.807, 2.05) is 0 Å². The molecule has 1 saturated heterocycles. The summed E-state index contributed by atoms with van der Waals surface area (Å²) in [6, 6.07) is 0.393. The quantitative estimate of drug-likeness (QED) is 0.594. The molecule has 0 aromatic heterocycles. The Morgan fingerprint density at radius 2 is 2.21 bits per heavy atom. The van der Waals surface area contributed by atoms with E-state index < -0.39 is 0 Å². The molecule has 0 aliphatic carbocycles. The summed E-state index contributed by atoms with van der Waals surface area (Å²) in [5.41, 5.74) is 5.81. The van der Waals surface area contributed by atoms with Crippen molar-refractivity contribution in [3.05, 3.63) is 0 Å². The topological polar surface area (TPSA) is 47.7 Å². The van der Waals surface area contributed by atoms with Crippen LogP contribution in [0.25, 0.3) is 0 Å². The molecule has 1 rings (SSSR count). The monoisotopic (exact) mass is 202 g/mol. The van der Waals surface area contributed by atoms with Crippen molar-refractivity contribution in [2.24, 2.45) is 5.73 Å². The van der Waals surface area contributed by atoms with Crippen LogP contribution in [0.3, 0.4) is 0 Å². The highest BCUT2D eigenvalue weighted by Gasteiger charge is 2.17. The molecule has 0 aromatic carbocycles. The third-order valence-corrected chi connectivity index (χ3v) is 2.50. The molecule has 0 saturated carbocycles. The molecule has 1 fully saturated rings. The lowest BCUT2D eigenvalue weighted by atomic mass is 10.3. The van der Waals surface area contributed by atoms with Crippen molar-refractivity contribution in [1.29, 1.82) is 0 Å². The second-order valence-electron chi connectivity index (χ2n) is 3.81. The van der Waals surface area contributed by atoms with Crippen molar-refractivity contribution < 1.29 is 9.47 Å². The van der Waals surface area contributed by atoms with E-state index in [-0.39, 0.29) is 0 Å². The van der Waals surface area contributed by atoms with Crippen molar-refractivity contribution in [3.63, 3.8) is 0 Å². The third-order valence-electron chi connectivity index (χ3n) is 2.50. The van der Waals surface area contributed by atoms with Gasteiger partial charge in [0.25, 0.3) is 0 Å². The first-order valence-corrected chi connectivity index (χ1v) is 5.37. The van der Waals surface area contributed by atoms with Crippen LogP contribution in [0, 0.1) is 0 Å². The van der Waals surface area contributed by atoms with E-state index >= 15 is 0 Å². The van der Waals surface area contributed by atoms with E-state index in [0.29, 0.717) is 19.3 Å². The van der Waals surface area contributed by atoms with Gasteiger partial charge < -0.3 is 20.1 Å². The summed E-state index contributed by atoms with van der Waals surface area (Å²) in [6.45, 7) is 5.54. The van der Waals surface area contributed by atoms with Crippen LogP contribution in [-0.4, -0.2) is 57.5 Å². The molecule has 0 amide bonds. The first-order chi connectivity index (χ1) is 6.83. The Bertz CT molecular complexity index is 144. The van der Waals surface area contributed by atoms with Gasteiger partial charge in [-0.1, -0.05) is 0 Å². The van der Waals surface area contributed by atoms with E-state index in [2.05, 4.69) is 4.90 Å². The molecule has 4 heteroatoms. The molecule has 14 heavy (non-hydrogen) atoms. The fourth-order valence-corrected chi connectivity index (χ4v) is 1.70. The van der Waals surface area contributed by atoms with Crippen LogP contribution < -0.4 is 5.73 Å². The van der Waals surface area contributed by atoms with Gasteiger partial charge in [0.15, 0.2) is 0 Å². The predicted octanol–water partition coefficient (Wildman–Crippen LogP) is 0.0725. The third kappa shape index (κ3) is 4.91. The summed E-state index contributed by atoms with van der Waals surface area (Å²) in [7, 11) is 1.69. The van der Waals surface area contributed by atoms with Crippen LogP contribution in [0.1, 0.15) is 12.8 Å². The fraction of sp³-hybridized carbons (Fsp3) is 1.00. The largest absolute Gasteiger partial charge is 0.382 e. The Morgan fingerprint density at radius 3 is 2.86 bits per heavy atom. The number of hydrogen-bond donors (Lipinski definition) is 1. The van der Waals surface area contributed by atoms with Crippen molar-refractivity contribution >= 4 is 0 Å². The molecular formula is C10H22N2O2. The molecule has 1 aliphatic heterocycles. The minimum absolute atomic E-state index is 0.393. The van der Waals surface area contributed by atoms with Crippen LogP contribution in [0.5, 0.6) is 0 Å². The van der Waals surface area contributed by atoms with Gasteiger partial charge in [-0.2, -0.15) is 0 Å². The van der Waals surface area contributed by atoms with Crippen LogP contribution in [-0.2, 0) is 9.47 Å². The summed E-state index contributed by atoms with van der Waals surface area (Å²) in [6.07, 6.45) is 2.24. The molecule has 4 nitrogen and oxygen atoms in total. The van der Waals surface area contributed by atoms with Crippen molar-refractivity contribution in [2.45, 2.75) is 18.9 Å². The highest BCUT2D eigenvalue weighted by molar-refractivity contribution is 4.77. The Labute approximate surface area is 86.3 Å². The molecule has 0 radical (unpaired) electrons. The van der Waals surface area contributed by atoms with Gasteiger partial charge in [0.2, 0.25) is 0 Å². The lowest BCUT2D eigenvalue weighted by Crippen LogP contribution is -2.27. The summed E-state index contributed by atoms with van der Waals surface area (Å²) in [5, 5.41) is 0. The summed E-state index contributed by atoms with van der Waals surface area (Å²) >= 11 is 0. The first-order valence-electron chi connectivity index (χ1n) is 5.37. The SMILES string of the molecule is COCCOCCCN1CC[C@H](N)C1. The van der Waals surface area contributed by atoms with Crippen LogP contribution in [0.4, 0.5) is 0 Å². The smallest absolute Gasteiger partial charge is 0.0700 e. The maximum atomic E-state index is 5.81. The lowest BCUT2D eigenvalue weighted by Gasteiger charge is -2.14. The van der Waals surface area contributed by atoms with Gasteiger partial charge >= 0.3 is 0 Å². The van der Waals surface area contributed by atoms with Gasteiger partial charge in [-0.3, -0.25) is 0 Å². The number of rotatable bonds is 7. The average Bonchev–Trinajstić information content (AvgIpc) is 2.58. The van der Waals surface area contributed by atoms with Crippen molar-refractivity contribution in [1.82, 2.24) is 4.90 Å². The maximum absolute atomic E-state index is 5.81. The van der Waals surface area contributed by atoms with Gasteiger partial charge in [0.1, 0.15) is 0 Å². The molecule has 1 aliphatic rings. The summed E-state index contributed by atoms with van der Waals surface area (Å²) in [5.74, 6) is 0. The molecule has 84 valence electrons. The number of hydrogen-bond acceptors (Lipinski definition) is 4. The Hall–Kier alpha value is -0.160. The molecule has 2 N–H and O–H groups in total. The zero-order valence-corrected chi connectivity index (χ0v) is 9.08. The van der Waals surface area contributed by atoms with Crippen LogP contribution in [0.15, 0.2) is 0 Å². The highest BCUT2D eigenvalue weighted by Crippen LogP contribution is 2.06. The van der Waals surface area contributed by atoms with E-state index in [1.165, 1.54) is 0 Å². The van der Waals surface area contributed by atoms with Gasteiger partial charge in [0, 0.05) is 32.8 Å². The predicted molar refractivity (Wildman–Crippen MR) is 56.3 cm³/mol. The molecule has 0 bridgehead atoms. The molecule has 1 atom stereocenters. The maximum Gasteiger partial charge on any atom is 0.0700 e. The molecule has 0 spiro atoms. The lowest BCUT2D eigenvalue weighted by molar-refractivity contribution is 0.0662. The first kappa shape index (κ1) is 11.9. The van der Waals surface area contributed by atoms with E-state index in [1.54, 1.807) is 7.11 Å². The van der Waals surface area contributed by atoms with Crippen molar-refractivity contribution in [3.8, 4) is 0 Å². The summed E-state index contributed by atoms with van der Waals surface area (Å²) < 4.78 is 10.3. The standard InChI is InChI=1S/C10H22N2O2/c1-13-7-8-14-6-2-4-12-5-3-10(11)9-12/h10H,2-9,11H2,1H3/t10-/m0/s1. The minimum Gasteiger partial charge on any atom is -0.382 e. The Balaban J connectivity index is 1.84. The second kappa shape index (κ2) is 7.17. The van der Waals surface area contributed by atoms with Crippen molar-refractivity contribution in [2.75, 3.05) is 46.6 Å². The van der Waals surface area contributed by atoms with Gasteiger partial charge in [-0.25, -0.2) is 0 Å². The normalized spacial score (nSPS) is 23.1. The van der Waals surface area contributed by atoms with E-state index in [9.17, 15) is 0 Å². The molecular weight excluding hydrogens is 180 g/mol. The molecule has 0 aromatic rings. The Kier molecular flexibility index (Phi) is 6.10. The van der Waals surface area contributed by atoms with Gasteiger partial charge in [0.05, 0.1) is 13.2 Å². The minimum atomic E-state index is 0.393. The molecule has 1 heterocycles. The summed E-state index contributed by atoms with van der Waals surface area (Å²) in [4.78, 5) is 2.41. The van der Waals surface area contributed by atoms with Crippen LogP contribution >= 0.6 is 0 Å². The number of ether oxygens (including phenoxy) is 2. The van der Waals surface area contributed by atoms with E-state index in [4.69, 9.17) is 15.2 Å². The zero-order valence-electron chi connectivity index (χ0n) is 9.08. The van der Waals surface area contributed by atoms with Gasteiger partial charge in [-0.05, 0) is 19.4 Å². The Morgan fingerprint density at radius 1 is 1.36 bits per heavy atom. The van der Waals surface area contributed by atoms with E-state index in [0.717, 1.165) is 39.1 Å². The van der Waals surface area contributed by atoms with Gasteiger partial charge in [-0.15, -0.1) is 0 Å². The highest BCUT2D eigenvalue weighted by atomic mass is 16.5. The second-order valence-corrected chi connectivity index (χ2v) is 3.81. The number of methoxy groups -OCH3 is 1.